The first-order valence-corrected chi connectivity index (χ1v) is 6.49. The van der Waals surface area contributed by atoms with Crippen molar-refractivity contribution in [3.8, 4) is 0 Å². The van der Waals surface area contributed by atoms with Gasteiger partial charge in [0.2, 0.25) is 5.91 Å². The Morgan fingerprint density at radius 1 is 1.41 bits per heavy atom. The standard InChI is InChI=1S/C12H24N2O3/c13-5-9-16-7-3-6-14-12(15)10-11-4-1-2-8-17-11/h11H,1-10,13H2,(H,14,15). The zero-order valence-electron chi connectivity index (χ0n) is 10.5. The molecule has 1 aliphatic rings. The van der Waals surface area contributed by atoms with Crippen molar-refractivity contribution in [2.24, 2.45) is 5.73 Å². The molecule has 0 aromatic carbocycles. The van der Waals surface area contributed by atoms with Gasteiger partial charge in [0.1, 0.15) is 0 Å². The molecule has 1 rings (SSSR count). The van der Waals surface area contributed by atoms with Crippen LogP contribution in [0, 0.1) is 0 Å². The SMILES string of the molecule is NCCOCCCNC(=O)CC1CCCCO1. The monoisotopic (exact) mass is 244 g/mol. The molecular weight excluding hydrogens is 220 g/mol. The number of carbonyl (C=O) groups is 1. The molecule has 1 amide bonds. The quantitative estimate of drug-likeness (QED) is 0.607. The van der Waals surface area contributed by atoms with Crippen LogP contribution in [0.15, 0.2) is 0 Å². The Balaban J connectivity index is 1.93. The van der Waals surface area contributed by atoms with E-state index < -0.39 is 0 Å². The molecule has 3 N–H and O–H groups in total. The topological polar surface area (TPSA) is 73.6 Å². The third kappa shape index (κ3) is 7.31. The highest BCUT2D eigenvalue weighted by atomic mass is 16.5. The van der Waals surface area contributed by atoms with Crippen molar-refractivity contribution in [3.05, 3.63) is 0 Å². The minimum absolute atomic E-state index is 0.0794. The van der Waals surface area contributed by atoms with Gasteiger partial charge in [-0.3, -0.25) is 4.79 Å². The lowest BCUT2D eigenvalue weighted by Gasteiger charge is -2.21. The molecule has 0 saturated carbocycles. The van der Waals surface area contributed by atoms with Crippen LogP contribution in [0.4, 0.5) is 0 Å². The van der Waals surface area contributed by atoms with E-state index in [0.29, 0.717) is 32.7 Å². The summed E-state index contributed by atoms with van der Waals surface area (Å²) in [5, 5.41) is 2.88. The van der Waals surface area contributed by atoms with Gasteiger partial charge in [-0.2, -0.15) is 0 Å². The van der Waals surface area contributed by atoms with Gasteiger partial charge in [0.25, 0.3) is 0 Å². The maximum atomic E-state index is 11.5. The summed E-state index contributed by atoms with van der Waals surface area (Å²) >= 11 is 0. The molecule has 5 heteroatoms. The molecule has 100 valence electrons. The fourth-order valence-corrected chi connectivity index (χ4v) is 1.83. The Hall–Kier alpha value is -0.650. The van der Waals surface area contributed by atoms with Crippen LogP contribution in [0.5, 0.6) is 0 Å². The van der Waals surface area contributed by atoms with Crippen LogP contribution in [0.3, 0.4) is 0 Å². The van der Waals surface area contributed by atoms with Crippen LogP contribution >= 0.6 is 0 Å². The fraction of sp³-hybridized carbons (Fsp3) is 0.917. The molecule has 5 nitrogen and oxygen atoms in total. The van der Waals surface area contributed by atoms with E-state index in [0.717, 1.165) is 25.9 Å². The summed E-state index contributed by atoms with van der Waals surface area (Å²) in [4.78, 5) is 11.5. The van der Waals surface area contributed by atoms with Crippen molar-refractivity contribution in [2.75, 3.05) is 32.9 Å². The van der Waals surface area contributed by atoms with Gasteiger partial charge in [0.15, 0.2) is 0 Å². The van der Waals surface area contributed by atoms with Gasteiger partial charge >= 0.3 is 0 Å². The Kier molecular flexibility index (Phi) is 7.96. The highest BCUT2D eigenvalue weighted by Gasteiger charge is 2.16. The first-order chi connectivity index (χ1) is 8.33. The smallest absolute Gasteiger partial charge is 0.222 e. The van der Waals surface area contributed by atoms with Crippen LogP contribution in [-0.4, -0.2) is 44.9 Å². The lowest BCUT2D eigenvalue weighted by atomic mass is 10.1. The number of amides is 1. The van der Waals surface area contributed by atoms with Gasteiger partial charge in [0.05, 0.1) is 19.1 Å². The van der Waals surface area contributed by atoms with Crippen LogP contribution in [0.2, 0.25) is 0 Å². The van der Waals surface area contributed by atoms with E-state index in [-0.39, 0.29) is 12.0 Å². The zero-order chi connectivity index (χ0) is 12.3. The second kappa shape index (κ2) is 9.39. The summed E-state index contributed by atoms with van der Waals surface area (Å²) < 4.78 is 10.7. The zero-order valence-corrected chi connectivity index (χ0v) is 10.5. The van der Waals surface area contributed by atoms with Crippen molar-refractivity contribution in [3.63, 3.8) is 0 Å². The minimum Gasteiger partial charge on any atom is -0.380 e. The Morgan fingerprint density at radius 2 is 2.29 bits per heavy atom. The number of hydrogen-bond donors (Lipinski definition) is 2. The summed E-state index contributed by atoms with van der Waals surface area (Å²) in [6, 6.07) is 0. The van der Waals surface area contributed by atoms with Crippen LogP contribution in [0.25, 0.3) is 0 Å². The predicted octanol–water partition coefficient (Wildman–Crippen LogP) is 0.427. The van der Waals surface area contributed by atoms with E-state index >= 15 is 0 Å². The highest BCUT2D eigenvalue weighted by molar-refractivity contribution is 5.76. The minimum atomic E-state index is 0.0794. The van der Waals surface area contributed by atoms with E-state index in [1.165, 1.54) is 6.42 Å². The lowest BCUT2D eigenvalue weighted by Crippen LogP contribution is -2.31. The second-order valence-corrected chi connectivity index (χ2v) is 4.30. The van der Waals surface area contributed by atoms with E-state index in [1.54, 1.807) is 0 Å². The summed E-state index contributed by atoms with van der Waals surface area (Å²) in [5.74, 6) is 0.0794. The van der Waals surface area contributed by atoms with Gasteiger partial charge in [-0.15, -0.1) is 0 Å². The molecule has 0 spiro atoms. The Bertz CT molecular complexity index is 206. The van der Waals surface area contributed by atoms with E-state index in [1.807, 2.05) is 0 Å². The molecule has 1 saturated heterocycles. The molecule has 1 atom stereocenters. The van der Waals surface area contributed by atoms with Gasteiger partial charge in [-0.05, 0) is 25.7 Å². The second-order valence-electron chi connectivity index (χ2n) is 4.30. The van der Waals surface area contributed by atoms with Gasteiger partial charge < -0.3 is 20.5 Å². The van der Waals surface area contributed by atoms with Crippen molar-refractivity contribution in [2.45, 2.75) is 38.2 Å². The maximum absolute atomic E-state index is 11.5. The summed E-state index contributed by atoms with van der Waals surface area (Å²) in [6.07, 6.45) is 4.74. The van der Waals surface area contributed by atoms with Crippen LogP contribution in [-0.2, 0) is 14.3 Å². The molecule has 0 aliphatic carbocycles. The molecule has 17 heavy (non-hydrogen) atoms. The van der Waals surface area contributed by atoms with E-state index in [4.69, 9.17) is 15.2 Å². The molecular formula is C12H24N2O3. The maximum Gasteiger partial charge on any atom is 0.222 e. The molecule has 0 bridgehead atoms. The van der Waals surface area contributed by atoms with Gasteiger partial charge in [0, 0.05) is 26.3 Å². The lowest BCUT2D eigenvalue weighted by molar-refractivity contribution is -0.124. The number of hydrogen-bond acceptors (Lipinski definition) is 4. The first kappa shape index (κ1) is 14.4. The molecule has 0 aromatic heterocycles. The molecule has 1 unspecified atom stereocenters. The van der Waals surface area contributed by atoms with Crippen molar-refractivity contribution in [1.82, 2.24) is 5.32 Å². The fourth-order valence-electron chi connectivity index (χ4n) is 1.83. The van der Waals surface area contributed by atoms with Gasteiger partial charge in [-0.25, -0.2) is 0 Å². The third-order valence-electron chi connectivity index (χ3n) is 2.74. The highest BCUT2D eigenvalue weighted by Crippen LogP contribution is 2.15. The molecule has 0 aromatic rings. The van der Waals surface area contributed by atoms with E-state index in [9.17, 15) is 4.79 Å². The summed E-state index contributed by atoms with van der Waals surface area (Å²) in [7, 11) is 0. The summed E-state index contributed by atoms with van der Waals surface area (Å²) in [5.41, 5.74) is 5.29. The molecule has 0 radical (unpaired) electrons. The van der Waals surface area contributed by atoms with Crippen molar-refractivity contribution >= 4 is 5.91 Å². The van der Waals surface area contributed by atoms with Gasteiger partial charge in [-0.1, -0.05) is 0 Å². The molecule has 1 heterocycles. The average molecular weight is 244 g/mol. The van der Waals surface area contributed by atoms with Crippen LogP contribution < -0.4 is 11.1 Å². The van der Waals surface area contributed by atoms with E-state index in [2.05, 4.69) is 5.32 Å². The molecule has 1 fully saturated rings. The number of nitrogens with one attached hydrogen (secondary N) is 1. The normalized spacial score (nSPS) is 20.2. The number of ether oxygens (including phenoxy) is 2. The number of nitrogens with two attached hydrogens (primary N) is 1. The third-order valence-corrected chi connectivity index (χ3v) is 2.74. The van der Waals surface area contributed by atoms with Crippen molar-refractivity contribution < 1.29 is 14.3 Å². The van der Waals surface area contributed by atoms with Crippen LogP contribution in [0.1, 0.15) is 32.1 Å². The molecule has 1 aliphatic heterocycles. The largest absolute Gasteiger partial charge is 0.380 e. The summed E-state index contributed by atoms with van der Waals surface area (Å²) in [6.45, 7) is 3.24. The first-order valence-electron chi connectivity index (χ1n) is 6.49. The van der Waals surface area contributed by atoms with Crippen molar-refractivity contribution in [1.29, 1.82) is 0 Å². The Morgan fingerprint density at radius 3 is 3.00 bits per heavy atom. The Labute approximate surface area is 103 Å². The number of rotatable bonds is 8. The average Bonchev–Trinajstić information content (AvgIpc) is 2.35. The number of carbonyl (C=O) groups excluding carboxylic acids is 1. The predicted molar refractivity (Wildman–Crippen MR) is 65.7 cm³/mol.